The van der Waals surface area contributed by atoms with Gasteiger partial charge in [0.1, 0.15) is 0 Å². The van der Waals surface area contributed by atoms with E-state index in [1.807, 2.05) is 6.92 Å². The fraction of sp³-hybridized carbons (Fsp3) is 0.333. The van der Waals surface area contributed by atoms with Gasteiger partial charge in [-0.15, -0.1) is 0 Å². The van der Waals surface area contributed by atoms with Crippen LogP contribution in [0.3, 0.4) is 0 Å². The lowest BCUT2D eigenvalue weighted by atomic mass is 10.1. The van der Waals surface area contributed by atoms with Crippen molar-refractivity contribution >= 4 is 29.2 Å². The van der Waals surface area contributed by atoms with E-state index in [4.69, 9.17) is 22.4 Å². The first-order valence-electron chi connectivity index (χ1n) is 5.55. The standard InChI is InChI=1S/C12H15ClN2O3/c1-2-3-9(14)11(16)15-10-6-7(13)4-5-8(10)12(17)18/h4-6,9H,2-3,14H2,1H3,(H,15,16)(H,17,18)/t9-/m1/s1. The molecule has 0 heterocycles. The number of carboxylic acids is 1. The minimum atomic E-state index is -1.13. The van der Waals surface area contributed by atoms with Crippen molar-refractivity contribution in [1.82, 2.24) is 0 Å². The maximum absolute atomic E-state index is 11.7. The van der Waals surface area contributed by atoms with Gasteiger partial charge in [0, 0.05) is 5.02 Å². The molecule has 0 saturated carbocycles. The molecule has 5 nitrogen and oxygen atoms in total. The van der Waals surface area contributed by atoms with Gasteiger partial charge in [0.05, 0.1) is 17.3 Å². The van der Waals surface area contributed by atoms with E-state index < -0.39 is 17.9 Å². The molecule has 1 rings (SSSR count). The molecule has 98 valence electrons. The van der Waals surface area contributed by atoms with Crippen LogP contribution in [0.15, 0.2) is 18.2 Å². The van der Waals surface area contributed by atoms with Crippen LogP contribution in [0.4, 0.5) is 5.69 Å². The molecule has 0 unspecified atom stereocenters. The summed E-state index contributed by atoms with van der Waals surface area (Å²) in [5, 5.41) is 11.8. The van der Waals surface area contributed by atoms with Gasteiger partial charge in [-0.1, -0.05) is 24.9 Å². The summed E-state index contributed by atoms with van der Waals surface area (Å²) in [6, 6.07) is 3.52. The van der Waals surface area contributed by atoms with Crippen molar-refractivity contribution in [3.05, 3.63) is 28.8 Å². The third-order valence-corrected chi connectivity index (χ3v) is 2.64. The molecular weight excluding hydrogens is 256 g/mol. The number of aromatic carboxylic acids is 1. The van der Waals surface area contributed by atoms with Crippen LogP contribution in [0.5, 0.6) is 0 Å². The van der Waals surface area contributed by atoms with Gasteiger partial charge in [-0.25, -0.2) is 4.79 Å². The SMILES string of the molecule is CCC[C@@H](N)C(=O)Nc1cc(Cl)ccc1C(=O)O. The fourth-order valence-electron chi connectivity index (χ4n) is 1.47. The normalized spacial score (nSPS) is 11.9. The molecule has 0 spiro atoms. The van der Waals surface area contributed by atoms with Gasteiger partial charge in [-0.05, 0) is 24.6 Å². The summed E-state index contributed by atoms with van der Waals surface area (Å²) in [7, 11) is 0. The van der Waals surface area contributed by atoms with E-state index in [0.29, 0.717) is 11.4 Å². The van der Waals surface area contributed by atoms with Crippen molar-refractivity contribution in [2.75, 3.05) is 5.32 Å². The Balaban J connectivity index is 2.92. The highest BCUT2D eigenvalue weighted by atomic mass is 35.5. The fourth-order valence-corrected chi connectivity index (χ4v) is 1.65. The topological polar surface area (TPSA) is 92.4 Å². The van der Waals surface area contributed by atoms with E-state index in [1.54, 1.807) is 0 Å². The zero-order chi connectivity index (χ0) is 13.7. The number of carbonyl (C=O) groups excluding carboxylic acids is 1. The number of halogens is 1. The summed E-state index contributed by atoms with van der Waals surface area (Å²) in [6.45, 7) is 1.91. The molecule has 1 amide bonds. The first-order valence-corrected chi connectivity index (χ1v) is 5.92. The first kappa shape index (κ1) is 14.5. The number of nitrogens with two attached hydrogens (primary N) is 1. The second-order valence-electron chi connectivity index (χ2n) is 3.88. The lowest BCUT2D eigenvalue weighted by molar-refractivity contribution is -0.117. The molecule has 0 saturated heterocycles. The van der Waals surface area contributed by atoms with Crippen LogP contribution in [-0.4, -0.2) is 23.0 Å². The lowest BCUT2D eigenvalue weighted by Gasteiger charge is -2.13. The molecule has 6 heteroatoms. The highest BCUT2D eigenvalue weighted by Crippen LogP contribution is 2.21. The van der Waals surface area contributed by atoms with Gasteiger partial charge in [0.25, 0.3) is 0 Å². The highest BCUT2D eigenvalue weighted by molar-refractivity contribution is 6.31. The summed E-state index contributed by atoms with van der Waals surface area (Å²) in [4.78, 5) is 22.7. The molecular formula is C12H15ClN2O3. The first-order chi connectivity index (χ1) is 8.45. The van der Waals surface area contributed by atoms with E-state index >= 15 is 0 Å². The minimum absolute atomic E-state index is 0.0172. The maximum Gasteiger partial charge on any atom is 0.337 e. The smallest absolute Gasteiger partial charge is 0.337 e. The Labute approximate surface area is 110 Å². The van der Waals surface area contributed by atoms with E-state index in [0.717, 1.165) is 6.42 Å². The van der Waals surface area contributed by atoms with Crippen LogP contribution >= 0.6 is 11.6 Å². The van der Waals surface area contributed by atoms with E-state index in [-0.39, 0.29) is 11.3 Å². The predicted octanol–water partition coefficient (Wildman–Crippen LogP) is 2.10. The Hall–Kier alpha value is -1.59. The number of amides is 1. The molecule has 0 bridgehead atoms. The minimum Gasteiger partial charge on any atom is -0.478 e. The van der Waals surface area contributed by atoms with Gasteiger partial charge in [-0.2, -0.15) is 0 Å². The number of anilines is 1. The number of hydrogen-bond donors (Lipinski definition) is 3. The van der Waals surface area contributed by atoms with Gasteiger partial charge in [-0.3, -0.25) is 4.79 Å². The average Bonchev–Trinajstić information content (AvgIpc) is 2.28. The van der Waals surface area contributed by atoms with Crippen molar-refractivity contribution in [2.45, 2.75) is 25.8 Å². The molecule has 0 fully saturated rings. The molecule has 18 heavy (non-hydrogen) atoms. The Morgan fingerprint density at radius 3 is 2.72 bits per heavy atom. The molecule has 1 aromatic carbocycles. The number of carboxylic acid groups (broad SMARTS) is 1. The van der Waals surface area contributed by atoms with Gasteiger partial charge >= 0.3 is 5.97 Å². The number of hydrogen-bond acceptors (Lipinski definition) is 3. The summed E-state index contributed by atoms with van der Waals surface area (Å²) in [6.07, 6.45) is 1.31. The van der Waals surface area contributed by atoms with Gasteiger partial charge < -0.3 is 16.2 Å². The van der Waals surface area contributed by atoms with Gasteiger partial charge in [0.15, 0.2) is 0 Å². The maximum atomic E-state index is 11.7. The van der Waals surface area contributed by atoms with Crippen molar-refractivity contribution in [3.8, 4) is 0 Å². The molecule has 0 radical (unpaired) electrons. The van der Waals surface area contributed by atoms with Crippen molar-refractivity contribution in [3.63, 3.8) is 0 Å². The highest BCUT2D eigenvalue weighted by Gasteiger charge is 2.16. The lowest BCUT2D eigenvalue weighted by Crippen LogP contribution is -2.35. The largest absolute Gasteiger partial charge is 0.478 e. The van der Waals surface area contributed by atoms with E-state index in [9.17, 15) is 9.59 Å². The Kier molecular flexibility index (Phi) is 5.12. The number of nitrogens with one attached hydrogen (secondary N) is 1. The van der Waals surface area contributed by atoms with Crippen LogP contribution in [0.1, 0.15) is 30.1 Å². The zero-order valence-corrected chi connectivity index (χ0v) is 10.7. The zero-order valence-electron chi connectivity index (χ0n) is 9.94. The Bertz CT molecular complexity index is 463. The molecule has 0 aromatic heterocycles. The second kappa shape index (κ2) is 6.37. The molecule has 0 aliphatic carbocycles. The van der Waals surface area contributed by atoms with Crippen LogP contribution < -0.4 is 11.1 Å². The molecule has 4 N–H and O–H groups in total. The summed E-state index contributed by atoms with van der Waals surface area (Å²) in [5.41, 5.74) is 5.79. The number of carbonyl (C=O) groups is 2. The van der Waals surface area contributed by atoms with Crippen molar-refractivity contribution in [2.24, 2.45) is 5.73 Å². The third-order valence-electron chi connectivity index (χ3n) is 2.41. The monoisotopic (exact) mass is 270 g/mol. The summed E-state index contributed by atoms with van der Waals surface area (Å²) < 4.78 is 0. The average molecular weight is 271 g/mol. The molecule has 1 atom stereocenters. The van der Waals surface area contributed by atoms with E-state index in [2.05, 4.69) is 5.32 Å². The predicted molar refractivity (Wildman–Crippen MR) is 69.9 cm³/mol. The number of benzene rings is 1. The molecule has 0 aliphatic rings. The van der Waals surface area contributed by atoms with Crippen molar-refractivity contribution < 1.29 is 14.7 Å². The third kappa shape index (κ3) is 3.72. The second-order valence-corrected chi connectivity index (χ2v) is 4.32. The van der Waals surface area contributed by atoms with Crippen LogP contribution in [0.2, 0.25) is 5.02 Å². The Morgan fingerprint density at radius 2 is 2.17 bits per heavy atom. The van der Waals surface area contributed by atoms with Crippen LogP contribution in [0, 0.1) is 0 Å². The van der Waals surface area contributed by atoms with Crippen LogP contribution in [-0.2, 0) is 4.79 Å². The van der Waals surface area contributed by atoms with Crippen LogP contribution in [0.25, 0.3) is 0 Å². The van der Waals surface area contributed by atoms with E-state index in [1.165, 1.54) is 18.2 Å². The number of rotatable bonds is 5. The molecule has 1 aromatic rings. The Morgan fingerprint density at radius 1 is 1.50 bits per heavy atom. The summed E-state index contributed by atoms with van der Waals surface area (Å²) >= 11 is 5.77. The quantitative estimate of drug-likeness (QED) is 0.764. The molecule has 0 aliphatic heterocycles. The summed E-state index contributed by atoms with van der Waals surface area (Å²) in [5.74, 6) is -1.55. The van der Waals surface area contributed by atoms with Crippen molar-refractivity contribution in [1.29, 1.82) is 0 Å². The van der Waals surface area contributed by atoms with Gasteiger partial charge in [0.2, 0.25) is 5.91 Å².